The van der Waals surface area contributed by atoms with E-state index in [2.05, 4.69) is 0 Å². The van der Waals surface area contributed by atoms with E-state index >= 15 is 0 Å². The van der Waals surface area contributed by atoms with Crippen LogP contribution in [-0.2, 0) is 19.4 Å². The fourth-order valence-corrected chi connectivity index (χ4v) is 6.31. The summed E-state index contributed by atoms with van der Waals surface area (Å²) in [7, 11) is -3.42. The molecule has 1 amide bonds. The van der Waals surface area contributed by atoms with Gasteiger partial charge < -0.3 is 4.74 Å². The van der Waals surface area contributed by atoms with Crippen molar-refractivity contribution < 1.29 is 17.9 Å². The van der Waals surface area contributed by atoms with Gasteiger partial charge in [0.25, 0.3) is 0 Å². The number of thiazole rings is 1. The Labute approximate surface area is 197 Å². The summed E-state index contributed by atoms with van der Waals surface area (Å²) in [5, 5.41) is 1.23. The maximum Gasteiger partial charge on any atom is 0.228 e. The van der Waals surface area contributed by atoms with E-state index in [0.717, 1.165) is 28.6 Å². The molecule has 9 heteroatoms. The number of anilines is 1. The van der Waals surface area contributed by atoms with Crippen LogP contribution in [-0.4, -0.2) is 44.3 Å². The van der Waals surface area contributed by atoms with Gasteiger partial charge >= 0.3 is 0 Å². The number of sulfone groups is 1. The summed E-state index contributed by atoms with van der Waals surface area (Å²) < 4.78 is 31.8. The molecule has 4 rings (SSSR count). The van der Waals surface area contributed by atoms with Crippen molar-refractivity contribution in [2.45, 2.75) is 43.6 Å². The van der Waals surface area contributed by atoms with Gasteiger partial charge in [-0.1, -0.05) is 41.1 Å². The second-order valence-electron chi connectivity index (χ2n) is 7.89. The summed E-state index contributed by atoms with van der Waals surface area (Å²) in [5.74, 6) is -0.225. The van der Waals surface area contributed by atoms with E-state index in [1.54, 1.807) is 35.2 Å². The summed E-state index contributed by atoms with van der Waals surface area (Å²) in [6.07, 6.45) is 2.18. The van der Waals surface area contributed by atoms with E-state index in [1.165, 1.54) is 11.3 Å². The van der Waals surface area contributed by atoms with Crippen molar-refractivity contribution in [1.29, 1.82) is 0 Å². The number of carbonyl (C=O) groups is 1. The van der Waals surface area contributed by atoms with Crippen LogP contribution in [0.3, 0.4) is 0 Å². The van der Waals surface area contributed by atoms with Gasteiger partial charge in [0, 0.05) is 18.1 Å². The SMILES string of the molecule is Cc1c(Cl)ccc2sc(N(CC3CCCO3)C(=O)CCCS(=O)(=O)c3ccccc3)nc12. The minimum Gasteiger partial charge on any atom is -0.376 e. The standard InChI is InChI=1S/C23H25ClN2O4S2/c1-16-19(24)11-12-20-22(16)25-23(31-20)26(15-17-7-5-13-30-17)21(27)10-6-14-32(28,29)18-8-3-2-4-9-18/h2-4,8-9,11-12,17H,5-7,10,13-15H2,1H3. The minimum absolute atomic E-state index is 0.0382. The number of hydrogen-bond donors (Lipinski definition) is 0. The third-order valence-corrected chi connectivity index (χ3v) is 8.85. The second-order valence-corrected chi connectivity index (χ2v) is 11.4. The van der Waals surface area contributed by atoms with Gasteiger partial charge in [0.1, 0.15) is 0 Å². The zero-order valence-electron chi connectivity index (χ0n) is 17.8. The molecule has 0 spiro atoms. The van der Waals surface area contributed by atoms with Crippen molar-refractivity contribution in [3.05, 3.63) is 53.1 Å². The number of fused-ring (bicyclic) bond motifs is 1. The van der Waals surface area contributed by atoms with Gasteiger partial charge in [-0.25, -0.2) is 13.4 Å². The average Bonchev–Trinajstić information content (AvgIpc) is 3.45. The molecule has 2 heterocycles. The number of halogens is 1. The summed E-state index contributed by atoms with van der Waals surface area (Å²) in [6, 6.07) is 12.1. The molecular formula is C23H25ClN2O4S2. The number of carbonyl (C=O) groups excluding carboxylic acids is 1. The Morgan fingerprint density at radius 1 is 1.25 bits per heavy atom. The van der Waals surface area contributed by atoms with Crippen LogP contribution in [0.4, 0.5) is 5.13 Å². The minimum atomic E-state index is -3.42. The molecule has 1 aliphatic heterocycles. The number of amides is 1. The second kappa shape index (κ2) is 9.87. The first-order valence-electron chi connectivity index (χ1n) is 10.6. The van der Waals surface area contributed by atoms with E-state index in [0.29, 0.717) is 23.3 Å². The highest BCUT2D eigenvalue weighted by atomic mass is 35.5. The monoisotopic (exact) mass is 492 g/mol. The van der Waals surface area contributed by atoms with Crippen molar-refractivity contribution in [1.82, 2.24) is 4.98 Å². The van der Waals surface area contributed by atoms with Crippen molar-refractivity contribution >= 4 is 54.0 Å². The number of nitrogens with zero attached hydrogens (tertiary/aromatic N) is 2. The number of rotatable bonds is 8. The van der Waals surface area contributed by atoms with Gasteiger partial charge in [-0.3, -0.25) is 9.69 Å². The molecule has 0 aliphatic carbocycles. The molecular weight excluding hydrogens is 468 g/mol. The van der Waals surface area contributed by atoms with Gasteiger partial charge in [-0.05, 0) is 56.0 Å². The molecule has 170 valence electrons. The van der Waals surface area contributed by atoms with Crippen molar-refractivity contribution in [2.24, 2.45) is 0 Å². The van der Waals surface area contributed by atoms with Crippen LogP contribution in [0.2, 0.25) is 5.02 Å². The largest absolute Gasteiger partial charge is 0.376 e. The van der Waals surface area contributed by atoms with E-state index in [1.807, 2.05) is 19.1 Å². The molecule has 1 fully saturated rings. The van der Waals surface area contributed by atoms with E-state index in [-0.39, 0.29) is 35.5 Å². The van der Waals surface area contributed by atoms with Crippen molar-refractivity contribution in [2.75, 3.05) is 23.8 Å². The van der Waals surface area contributed by atoms with Crippen molar-refractivity contribution in [3.63, 3.8) is 0 Å². The molecule has 1 unspecified atom stereocenters. The molecule has 1 aromatic heterocycles. The lowest BCUT2D eigenvalue weighted by atomic mass is 10.2. The van der Waals surface area contributed by atoms with E-state index < -0.39 is 9.84 Å². The molecule has 0 saturated carbocycles. The predicted octanol–water partition coefficient (Wildman–Crippen LogP) is 5.02. The Morgan fingerprint density at radius 2 is 2.03 bits per heavy atom. The van der Waals surface area contributed by atoms with Crippen LogP contribution in [0.5, 0.6) is 0 Å². The fraction of sp³-hybridized carbons (Fsp3) is 0.391. The molecule has 1 aliphatic rings. The van der Waals surface area contributed by atoms with Gasteiger partial charge in [-0.15, -0.1) is 0 Å². The molecule has 3 aromatic rings. The maximum atomic E-state index is 13.2. The Hall–Kier alpha value is -2.00. The fourth-order valence-electron chi connectivity index (χ4n) is 3.78. The first-order valence-corrected chi connectivity index (χ1v) is 13.5. The Balaban J connectivity index is 1.51. The molecule has 0 bridgehead atoms. The van der Waals surface area contributed by atoms with Crippen LogP contribution >= 0.6 is 22.9 Å². The maximum absolute atomic E-state index is 13.2. The Morgan fingerprint density at radius 3 is 2.75 bits per heavy atom. The van der Waals surface area contributed by atoms with Crippen LogP contribution in [0, 0.1) is 6.92 Å². The first kappa shape index (κ1) is 23.2. The normalized spacial score (nSPS) is 16.5. The highest BCUT2D eigenvalue weighted by Gasteiger charge is 2.27. The summed E-state index contributed by atoms with van der Waals surface area (Å²) in [5.41, 5.74) is 1.67. The van der Waals surface area contributed by atoms with Crippen LogP contribution in [0.15, 0.2) is 47.4 Å². The topological polar surface area (TPSA) is 76.6 Å². The highest BCUT2D eigenvalue weighted by Crippen LogP contribution is 2.34. The number of aryl methyl sites for hydroxylation is 1. The van der Waals surface area contributed by atoms with Gasteiger partial charge in [-0.2, -0.15) is 0 Å². The van der Waals surface area contributed by atoms with E-state index in [9.17, 15) is 13.2 Å². The lowest BCUT2D eigenvalue weighted by Crippen LogP contribution is -2.37. The third kappa shape index (κ3) is 5.14. The summed E-state index contributed by atoms with van der Waals surface area (Å²) >= 11 is 7.68. The first-order chi connectivity index (χ1) is 15.3. The molecule has 1 saturated heterocycles. The smallest absolute Gasteiger partial charge is 0.228 e. The molecule has 32 heavy (non-hydrogen) atoms. The highest BCUT2D eigenvalue weighted by molar-refractivity contribution is 7.91. The third-order valence-electron chi connectivity index (χ3n) is 5.58. The summed E-state index contributed by atoms with van der Waals surface area (Å²) in [6.45, 7) is 3.02. The van der Waals surface area contributed by atoms with Gasteiger partial charge in [0.05, 0.1) is 33.5 Å². The molecule has 6 nitrogen and oxygen atoms in total. The van der Waals surface area contributed by atoms with Gasteiger partial charge in [0.15, 0.2) is 15.0 Å². The Bertz CT molecular complexity index is 1210. The quantitative estimate of drug-likeness (QED) is 0.441. The van der Waals surface area contributed by atoms with Gasteiger partial charge in [0.2, 0.25) is 5.91 Å². The number of hydrogen-bond acceptors (Lipinski definition) is 6. The number of ether oxygens (including phenoxy) is 1. The van der Waals surface area contributed by atoms with Crippen LogP contribution < -0.4 is 4.90 Å². The zero-order chi connectivity index (χ0) is 22.7. The van der Waals surface area contributed by atoms with E-state index in [4.69, 9.17) is 21.3 Å². The molecule has 0 radical (unpaired) electrons. The number of benzene rings is 2. The predicted molar refractivity (Wildman–Crippen MR) is 128 cm³/mol. The number of aromatic nitrogens is 1. The van der Waals surface area contributed by atoms with Crippen LogP contribution in [0.1, 0.15) is 31.2 Å². The average molecular weight is 493 g/mol. The van der Waals surface area contributed by atoms with Crippen LogP contribution in [0.25, 0.3) is 10.2 Å². The summed E-state index contributed by atoms with van der Waals surface area (Å²) in [4.78, 5) is 19.8. The lowest BCUT2D eigenvalue weighted by molar-refractivity contribution is -0.119. The molecule has 1 atom stereocenters. The molecule has 0 N–H and O–H groups in total. The zero-order valence-corrected chi connectivity index (χ0v) is 20.2. The van der Waals surface area contributed by atoms with Crippen molar-refractivity contribution in [3.8, 4) is 0 Å². The Kier molecular flexibility index (Phi) is 7.14. The molecule has 2 aromatic carbocycles. The lowest BCUT2D eigenvalue weighted by Gasteiger charge is -2.23.